The molecule has 1 aromatic carbocycles. The summed E-state index contributed by atoms with van der Waals surface area (Å²) in [5.41, 5.74) is 1.10. The maximum atomic E-state index is 13.5. The molecule has 0 saturated carbocycles. The summed E-state index contributed by atoms with van der Waals surface area (Å²) in [5, 5.41) is 5.44. The van der Waals surface area contributed by atoms with Crippen molar-refractivity contribution in [2.24, 2.45) is 0 Å². The lowest BCUT2D eigenvalue weighted by Gasteiger charge is -2.21. The van der Waals surface area contributed by atoms with E-state index in [1.807, 2.05) is 0 Å². The Labute approximate surface area is 152 Å². The maximum Gasteiger partial charge on any atom is 0.408 e. The quantitative estimate of drug-likeness (QED) is 0.850. The standard InChI is InChI=1S/C16H12Cl2FN3O3/c17-10-3-9(5-20-6-10)14(8-1-2-12(19)11(18)4-8)22-15(23)13-7-21-16(24)25-13/h1-6,13-14H,7H2,(H,21,24)(H,22,23)/t13-,14?/m0/s1. The van der Waals surface area contributed by atoms with Crippen LogP contribution in [0.25, 0.3) is 0 Å². The third kappa shape index (κ3) is 4.00. The van der Waals surface area contributed by atoms with Crippen molar-refractivity contribution in [2.75, 3.05) is 6.54 Å². The fraction of sp³-hybridized carbons (Fsp3) is 0.188. The highest BCUT2D eigenvalue weighted by Crippen LogP contribution is 2.27. The van der Waals surface area contributed by atoms with Crippen molar-refractivity contribution < 1.29 is 18.7 Å². The van der Waals surface area contributed by atoms with Gasteiger partial charge in [-0.25, -0.2) is 9.18 Å². The first kappa shape index (κ1) is 17.4. The molecule has 0 spiro atoms. The van der Waals surface area contributed by atoms with Crippen LogP contribution in [0.3, 0.4) is 0 Å². The molecule has 1 aliphatic rings. The van der Waals surface area contributed by atoms with Gasteiger partial charge in [-0.1, -0.05) is 29.3 Å². The molecule has 2 aromatic rings. The molecule has 3 rings (SSSR count). The predicted molar refractivity (Wildman–Crippen MR) is 88.9 cm³/mol. The second kappa shape index (κ2) is 7.25. The number of nitrogens with one attached hydrogen (secondary N) is 2. The minimum absolute atomic E-state index is 0.0648. The third-order valence-electron chi connectivity index (χ3n) is 3.60. The van der Waals surface area contributed by atoms with Crippen LogP contribution in [0.15, 0.2) is 36.7 Å². The number of hydrogen-bond acceptors (Lipinski definition) is 4. The van der Waals surface area contributed by atoms with Crippen molar-refractivity contribution in [3.05, 3.63) is 63.6 Å². The van der Waals surface area contributed by atoms with Crippen LogP contribution < -0.4 is 10.6 Å². The van der Waals surface area contributed by atoms with Crippen molar-refractivity contribution >= 4 is 35.2 Å². The van der Waals surface area contributed by atoms with Gasteiger partial charge < -0.3 is 15.4 Å². The zero-order valence-electron chi connectivity index (χ0n) is 12.6. The Bertz CT molecular complexity index is 834. The number of pyridine rings is 1. The number of benzene rings is 1. The molecule has 2 N–H and O–H groups in total. The van der Waals surface area contributed by atoms with E-state index in [1.54, 1.807) is 6.07 Å². The van der Waals surface area contributed by atoms with Gasteiger partial charge in [-0.3, -0.25) is 9.78 Å². The Morgan fingerprint density at radius 2 is 2.12 bits per heavy atom. The summed E-state index contributed by atoms with van der Waals surface area (Å²) < 4.78 is 18.3. The van der Waals surface area contributed by atoms with Gasteiger partial charge in [-0.2, -0.15) is 0 Å². The third-order valence-corrected chi connectivity index (χ3v) is 4.09. The average molecular weight is 384 g/mol. The van der Waals surface area contributed by atoms with E-state index in [0.717, 1.165) is 0 Å². The van der Waals surface area contributed by atoms with Gasteiger partial charge in [-0.15, -0.1) is 0 Å². The molecule has 1 aromatic heterocycles. The number of halogens is 3. The molecule has 1 fully saturated rings. The predicted octanol–water partition coefficient (Wildman–Crippen LogP) is 2.84. The monoisotopic (exact) mass is 383 g/mol. The number of cyclic esters (lactones) is 1. The summed E-state index contributed by atoms with van der Waals surface area (Å²) in [6.45, 7) is 0.0648. The number of carbonyl (C=O) groups is 2. The molecule has 2 atom stereocenters. The van der Waals surface area contributed by atoms with Gasteiger partial charge in [0, 0.05) is 12.4 Å². The van der Waals surface area contributed by atoms with Crippen LogP contribution in [-0.4, -0.2) is 29.6 Å². The zero-order chi connectivity index (χ0) is 18.0. The van der Waals surface area contributed by atoms with Crippen LogP contribution in [-0.2, 0) is 9.53 Å². The lowest BCUT2D eigenvalue weighted by Crippen LogP contribution is -2.39. The summed E-state index contributed by atoms with van der Waals surface area (Å²) in [6.07, 6.45) is 1.35. The molecule has 2 heterocycles. The van der Waals surface area contributed by atoms with Gasteiger partial charge in [0.05, 0.1) is 22.6 Å². The molecule has 1 saturated heterocycles. The van der Waals surface area contributed by atoms with E-state index in [9.17, 15) is 14.0 Å². The van der Waals surface area contributed by atoms with Crippen molar-refractivity contribution in [3.8, 4) is 0 Å². The summed E-state index contributed by atoms with van der Waals surface area (Å²) in [6, 6.07) is 5.02. The van der Waals surface area contributed by atoms with E-state index < -0.39 is 30.0 Å². The second-order valence-corrected chi connectivity index (χ2v) is 6.17. The normalized spacial score (nSPS) is 17.6. The van der Waals surface area contributed by atoms with Crippen LogP contribution in [0.2, 0.25) is 10.0 Å². The second-order valence-electron chi connectivity index (χ2n) is 5.33. The average Bonchev–Trinajstić information content (AvgIpc) is 3.02. The molecule has 1 aliphatic heterocycles. The lowest BCUT2D eigenvalue weighted by atomic mass is 9.99. The van der Waals surface area contributed by atoms with Gasteiger partial charge in [0.25, 0.3) is 5.91 Å². The molecule has 6 nitrogen and oxygen atoms in total. The molecule has 1 unspecified atom stereocenters. The Balaban J connectivity index is 1.92. The summed E-state index contributed by atoms with van der Waals surface area (Å²) in [4.78, 5) is 27.5. The highest BCUT2D eigenvalue weighted by molar-refractivity contribution is 6.31. The van der Waals surface area contributed by atoms with Crippen LogP contribution >= 0.6 is 23.2 Å². The van der Waals surface area contributed by atoms with E-state index in [-0.39, 0.29) is 11.6 Å². The number of ether oxygens (including phenoxy) is 1. The van der Waals surface area contributed by atoms with Crippen LogP contribution in [0, 0.1) is 5.82 Å². The molecule has 130 valence electrons. The van der Waals surface area contributed by atoms with Gasteiger partial charge in [0.15, 0.2) is 6.10 Å². The number of amides is 2. The minimum Gasteiger partial charge on any atom is -0.434 e. The molecule has 25 heavy (non-hydrogen) atoms. The number of rotatable bonds is 4. The van der Waals surface area contributed by atoms with E-state index in [1.165, 1.54) is 30.6 Å². The molecule has 9 heteroatoms. The first-order valence-corrected chi connectivity index (χ1v) is 8.00. The van der Waals surface area contributed by atoms with Crippen LogP contribution in [0.1, 0.15) is 17.2 Å². The number of aromatic nitrogens is 1. The van der Waals surface area contributed by atoms with E-state index in [2.05, 4.69) is 15.6 Å². The van der Waals surface area contributed by atoms with Gasteiger partial charge in [0.1, 0.15) is 5.82 Å². The summed E-state index contributed by atoms with van der Waals surface area (Å²) in [7, 11) is 0. The van der Waals surface area contributed by atoms with E-state index >= 15 is 0 Å². The van der Waals surface area contributed by atoms with Gasteiger partial charge in [0.2, 0.25) is 0 Å². The van der Waals surface area contributed by atoms with Crippen molar-refractivity contribution in [3.63, 3.8) is 0 Å². The minimum atomic E-state index is -0.960. The maximum absolute atomic E-state index is 13.5. The summed E-state index contributed by atoms with van der Waals surface area (Å²) >= 11 is 11.8. The molecular weight excluding hydrogens is 372 g/mol. The number of nitrogens with zero attached hydrogens (tertiary/aromatic N) is 1. The largest absolute Gasteiger partial charge is 0.434 e. The molecule has 2 amide bonds. The highest BCUT2D eigenvalue weighted by atomic mass is 35.5. The van der Waals surface area contributed by atoms with E-state index in [4.69, 9.17) is 27.9 Å². The lowest BCUT2D eigenvalue weighted by molar-refractivity contribution is -0.128. The first-order valence-electron chi connectivity index (χ1n) is 7.24. The molecular formula is C16H12Cl2FN3O3. The van der Waals surface area contributed by atoms with Gasteiger partial charge in [-0.05, 0) is 29.3 Å². The number of hydrogen-bond donors (Lipinski definition) is 2. The fourth-order valence-electron chi connectivity index (χ4n) is 2.41. The number of carbonyl (C=O) groups excluding carboxylic acids is 2. The molecule has 0 radical (unpaired) electrons. The Kier molecular flexibility index (Phi) is 5.06. The van der Waals surface area contributed by atoms with Crippen LogP contribution in [0.4, 0.5) is 9.18 Å². The first-order chi connectivity index (χ1) is 11.9. The molecule has 0 bridgehead atoms. The van der Waals surface area contributed by atoms with Gasteiger partial charge >= 0.3 is 6.09 Å². The topological polar surface area (TPSA) is 80.3 Å². The van der Waals surface area contributed by atoms with Crippen molar-refractivity contribution in [2.45, 2.75) is 12.1 Å². The Morgan fingerprint density at radius 3 is 2.76 bits per heavy atom. The SMILES string of the molecule is O=C1NC[C@@H](C(=O)NC(c2cncc(Cl)c2)c2ccc(F)c(Cl)c2)O1. The molecule has 0 aliphatic carbocycles. The van der Waals surface area contributed by atoms with Crippen molar-refractivity contribution in [1.82, 2.24) is 15.6 Å². The highest BCUT2D eigenvalue weighted by Gasteiger charge is 2.31. The number of alkyl carbamates (subject to hydrolysis) is 1. The Morgan fingerprint density at radius 1 is 1.32 bits per heavy atom. The van der Waals surface area contributed by atoms with E-state index in [0.29, 0.717) is 16.1 Å². The fourth-order valence-corrected chi connectivity index (χ4v) is 2.78. The zero-order valence-corrected chi connectivity index (χ0v) is 14.1. The Hall–Kier alpha value is -2.38. The van der Waals surface area contributed by atoms with Crippen molar-refractivity contribution in [1.29, 1.82) is 0 Å². The summed E-state index contributed by atoms with van der Waals surface area (Å²) in [5.74, 6) is -1.09. The smallest absolute Gasteiger partial charge is 0.408 e. The van der Waals surface area contributed by atoms with Crippen LogP contribution in [0.5, 0.6) is 0 Å².